The van der Waals surface area contributed by atoms with E-state index in [1.807, 2.05) is 0 Å². The smallest absolute Gasteiger partial charge is 0.434 e. The van der Waals surface area contributed by atoms with Crippen molar-refractivity contribution in [2.24, 2.45) is 7.05 Å². The highest BCUT2D eigenvalue weighted by Gasteiger charge is 2.22. The molecule has 0 fully saturated rings. The molecule has 18 heavy (non-hydrogen) atoms. The van der Waals surface area contributed by atoms with Crippen LogP contribution >= 0.6 is 0 Å². The minimum Gasteiger partial charge on any atom is -0.449 e. The molecule has 0 radical (unpaired) electrons. The Morgan fingerprint density at radius 3 is 2.50 bits per heavy atom. The number of ether oxygens (including phenoxy) is 2. The number of nitrogens with zero attached hydrogens (tertiary/aromatic N) is 2. The molecule has 1 N–H and O–H groups in total. The van der Waals surface area contributed by atoms with Gasteiger partial charge in [0.05, 0.1) is 13.2 Å². The molecule has 0 aromatic carbocycles. The van der Waals surface area contributed by atoms with Crippen LogP contribution in [-0.2, 0) is 16.5 Å². The van der Waals surface area contributed by atoms with Crippen LogP contribution in [0.5, 0.6) is 0 Å². The van der Waals surface area contributed by atoms with Crippen LogP contribution in [0.4, 0.5) is 15.4 Å². The van der Waals surface area contributed by atoms with Gasteiger partial charge in [0.25, 0.3) is 0 Å². The lowest BCUT2D eigenvalue weighted by Gasteiger charge is -2.22. The van der Waals surface area contributed by atoms with Crippen molar-refractivity contribution >= 4 is 18.0 Å². The van der Waals surface area contributed by atoms with Gasteiger partial charge in [0.1, 0.15) is 5.82 Å². The van der Waals surface area contributed by atoms with E-state index in [1.54, 1.807) is 43.8 Å². The van der Waals surface area contributed by atoms with Gasteiger partial charge in [-0.05, 0) is 26.0 Å². The monoisotopic (exact) mass is 255 g/mol. The van der Waals surface area contributed by atoms with Crippen LogP contribution in [0.1, 0.15) is 13.8 Å². The summed E-state index contributed by atoms with van der Waals surface area (Å²) in [5.41, 5.74) is 2.32. The summed E-state index contributed by atoms with van der Waals surface area (Å²) in [6.07, 6.45) is 0.355. The Hall–Kier alpha value is -2.18. The fourth-order valence-corrected chi connectivity index (χ4v) is 1.32. The van der Waals surface area contributed by atoms with E-state index in [0.717, 1.165) is 5.01 Å². The van der Waals surface area contributed by atoms with Gasteiger partial charge in [0, 0.05) is 13.2 Å². The molecule has 0 bridgehead atoms. The largest absolute Gasteiger partial charge is 0.449 e. The molecule has 1 heterocycles. The summed E-state index contributed by atoms with van der Waals surface area (Å²) in [6, 6.07) is 3.41. The highest BCUT2D eigenvalue weighted by atomic mass is 16.6. The third-order valence-electron chi connectivity index (χ3n) is 2.07. The summed E-state index contributed by atoms with van der Waals surface area (Å²) < 4.78 is 11.3. The van der Waals surface area contributed by atoms with Crippen molar-refractivity contribution in [2.45, 2.75) is 13.8 Å². The maximum Gasteiger partial charge on any atom is 0.434 e. The molecule has 7 nitrogen and oxygen atoms in total. The second-order valence-corrected chi connectivity index (χ2v) is 3.34. The van der Waals surface area contributed by atoms with Crippen LogP contribution in [0.15, 0.2) is 18.3 Å². The number of carbonyl (C=O) groups excluding carboxylic acids is 2. The summed E-state index contributed by atoms with van der Waals surface area (Å²) >= 11 is 0. The van der Waals surface area contributed by atoms with Crippen LogP contribution in [-0.4, -0.2) is 30.0 Å². The van der Waals surface area contributed by atoms with Gasteiger partial charge >= 0.3 is 12.2 Å². The van der Waals surface area contributed by atoms with E-state index in [0.29, 0.717) is 5.82 Å². The maximum atomic E-state index is 11.8. The molecule has 0 unspecified atom stereocenters. The Kier molecular flexibility index (Phi) is 5.04. The van der Waals surface area contributed by atoms with E-state index in [4.69, 9.17) is 9.47 Å². The normalized spacial score (nSPS) is 9.72. The highest BCUT2D eigenvalue weighted by Crippen LogP contribution is 2.13. The second kappa shape index (κ2) is 6.53. The Balaban J connectivity index is 2.85. The zero-order valence-electron chi connectivity index (χ0n) is 10.7. The first-order valence-corrected chi connectivity index (χ1v) is 5.61. The minimum absolute atomic E-state index is 0.213. The number of rotatable bonds is 3. The number of aryl methyl sites for hydroxylation is 1. The standard InChI is InChI=1S/C11H17N3O4/c1-4-17-10(15)12-14(11(16)18-5-2)9-7-6-8-13(9)3/h6-8H,4-5H2,1-3H3,(H,12,15). The maximum absolute atomic E-state index is 11.8. The quantitative estimate of drug-likeness (QED) is 0.833. The summed E-state index contributed by atoms with van der Waals surface area (Å²) in [7, 11) is 1.74. The molecule has 7 heteroatoms. The van der Waals surface area contributed by atoms with Gasteiger partial charge in [-0.25, -0.2) is 15.0 Å². The Labute approximate surface area is 105 Å². The van der Waals surface area contributed by atoms with Crippen LogP contribution < -0.4 is 10.4 Å². The van der Waals surface area contributed by atoms with Gasteiger partial charge in [-0.3, -0.25) is 0 Å². The lowest BCUT2D eigenvalue weighted by atomic mass is 10.6. The molecule has 0 aliphatic carbocycles. The SMILES string of the molecule is CCOC(=O)NN(C(=O)OCC)c1cccn1C. The molecule has 0 saturated carbocycles. The molecule has 1 aromatic heterocycles. The van der Waals surface area contributed by atoms with E-state index >= 15 is 0 Å². The number of carbonyl (C=O) groups is 2. The van der Waals surface area contributed by atoms with Crippen molar-refractivity contribution in [3.63, 3.8) is 0 Å². The molecule has 0 aliphatic heterocycles. The highest BCUT2D eigenvalue weighted by molar-refractivity contribution is 5.89. The first kappa shape index (κ1) is 13.9. The lowest BCUT2D eigenvalue weighted by Crippen LogP contribution is -2.47. The summed E-state index contributed by atoms with van der Waals surface area (Å²) in [6.45, 7) is 3.79. The fourth-order valence-electron chi connectivity index (χ4n) is 1.32. The van der Waals surface area contributed by atoms with Crippen molar-refractivity contribution in [3.8, 4) is 0 Å². The van der Waals surface area contributed by atoms with Crippen molar-refractivity contribution in [3.05, 3.63) is 18.3 Å². The van der Waals surface area contributed by atoms with Crippen LogP contribution in [0, 0.1) is 0 Å². The van der Waals surface area contributed by atoms with Gasteiger partial charge in [-0.1, -0.05) is 0 Å². The topological polar surface area (TPSA) is 72.8 Å². The average Bonchev–Trinajstić information content (AvgIpc) is 2.73. The van der Waals surface area contributed by atoms with Crippen LogP contribution in [0.2, 0.25) is 0 Å². The van der Waals surface area contributed by atoms with E-state index in [9.17, 15) is 9.59 Å². The predicted octanol–water partition coefficient (Wildman–Crippen LogP) is 1.65. The Bertz CT molecular complexity index is 416. The molecular weight excluding hydrogens is 238 g/mol. The van der Waals surface area contributed by atoms with E-state index in [2.05, 4.69) is 5.43 Å². The molecular formula is C11H17N3O4. The number of hydrogen-bond acceptors (Lipinski definition) is 4. The van der Waals surface area contributed by atoms with Gasteiger partial charge in [0.2, 0.25) is 0 Å². The van der Waals surface area contributed by atoms with E-state index < -0.39 is 12.2 Å². The van der Waals surface area contributed by atoms with Gasteiger partial charge in [-0.2, -0.15) is 5.01 Å². The predicted molar refractivity (Wildman–Crippen MR) is 65.1 cm³/mol. The molecule has 100 valence electrons. The molecule has 0 atom stereocenters. The van der Waals surface area contributed by atoms with Crippen LogP contribution in [0.3, 0.4) is 0 Å². The minimum atomic E-state index is -0.716. The van der Waals surface area contributed by atoms with Crippen LogP contribution in [0.25, 0.3) is 0 Å². The van der Waals surface area contributed by atoms with E-state index in [1.165, 1.54) is 0 Å². The van der Waals surface area contributed by atoms with Gasteiger partial charge in [-0.15, -0.1) is 0 Å². The number of aromatic nitrogens is 1. The number of nitrogens with one attached hydrogen (secondary N) is 1. The second-order valence-electron chi connectivity index (χ2n) is 3.34. The van der Waals surface area contributed by atoms with E-state index in [-0.39, 0.29) is 13.2 Å². The Morgan fingerprint density at radius 2 is 2.00 bits per heavy atom. The fraction of sp³-hybridized carbons (Fsp3) is 0.455. The number of hydrazine groups is 1. The van der Waals surface area contributed by atoms with Crippen molar-refractivity contribution in [1.29, 1.82) is 0 Å². The molecule has 1 aromatic rings. The summed E-state index contributed by atoms with van der Waals surface area (Å²) in [4.78, 5) is 23.1. The van der Waals surface area contributed by atoms with Crippen molar-refractivity contribution < 1.29 is 19.1 Å². The zero-order valence-corrected chi connectivity index (χ0v) is 10.7. The number of anilines is 1. The molecule has 0 spiro atoms. The zero-order chi connectivity index (χ0) is 13.5. The molecule has 0 aliphatic rings. The molecule has 2 amide bonds. The van der Waals surface area contributed by atoms with Crippen molar-refractivity contribution in [1.82, 2.24) is 9.99 Å². The first-order chi connectivity index (χ1) is 8.60. The summed E-state index contributed by atoms with van der Waals surface area (Å²) in [5, 5.41) is 1.00. The van der Waals surface area contributed by atoms with Crippen molar-refractivity contribution in [2.75, 3.05) is 18.2 Å². The Morgan fingerprint density at radius 1 is 1.33 bits per heavy atom. The molecule has 1 rings (SSSR count). The lowest BCUT2D eigenvalue weighted by molar-refractivity contribution is 0.138. The number of amides is 2. The average molecular weight is 255 g/mol. The van der Waals surface area contributed by atoms with Gasteiger partial charge in [0.15, 0.2) is 0 Å². The van der Waals surface area contributed by atoms with Gasteiger partial charge < -0.3 is 14.0 Å². The third-order valence-corrected chi connectivity index (χ3v) is 2.07. The third kappa shape index (κ3) is 3.41. The number of hydrogen-bond donors (Lipinski definition) is 1. The summed E-state index contributed by atoms with van der Waals surface area (Å²) in [5.74, 6) is 0.474. The first-order valence-electron chi connectivity index (χ1n) is 5.61. The molecule has 0 saturated heterocycles.